The first-order valence-electron chi connectivity index (χ1n) is 5.05. The summed E-state index contributed by atoms with van der Waals surface area (Å²) in [6.45, 7) is 0.176. The maximum atomic E-state index is 11.1. The highest BCUT2D eigenvalue weighted by molar-refractivity contribution is 7.19. The molecule has 6 nitrogen and oxygen atoms in total. The van der Waals surface area contributed by atoms with Gasteiger partial charge in [-0.3, -0.25) is 0 Å². The van der Waals surface area contributed by atoms with Crippen molar-refractivity contribution in [3.63, 3.8) is 0 Å². The molecular formula is C11H8N2O4S. The lowest BCUT2D eigenvalue weighted by atomic mass is 10.1. The SMILES string of the molecule is Nc1nc(C(=O)O)c(-c2ccc3c(c2)OCO3)s1. The number of fused-ring (bicyclic) bond motifs is 1. The highest BCUT2D eigenvalue weighted by Gasteiger charge is 2.20. The molecule has 0 fully saturated rings. The van der Waals surface area contributed by atoms with E-state index in [4.69, 9.17) is 20.3 Å². The number of rotatable bonds is 2. The van der Waals surface area contributed by atoms with Gasteiger partial charge in [-0.15, -0.1) is 0 Å². The number of aromatic nitrogens is 1. The van der Waals surface area contributed by atoms with Crippen LogP contribution >= 0.6 is 11.3 Å². The van der Waals surface area contributed by atoms with Crippen LogP contribution in [0.25, 0.3) is 10.4 Å². The summed E-state index contributed by atoms with van der Waals surface area (Å²) in [7, 11) is 0. The van der Waals surface area contributed by atoms with Crippen molar-refractivity contribution in [1.82, 2.24) is 4.98 Å². The smallest absolute Gasteiger partial charge is 0.356 e. The molecule has 92 valence electrons. The minimum absolute atomic E-state index is 0.0450. The second-order valence-corrected chi connectivity index (χ2v) is 4.63. The monoisotopic (exact) mass is 264 g/mol. The Morgan fingerprint density at radius 3 is 2.94 bits per heavy atom. The van der Waals surface area contributed by atoms with Gasteiger partial charge in [0.2, 0.25) is 6.79 Å². The average Bonchev–Trinajstić information content (AvgIpc) is 2.93. The minimum Gasteiger partial charge on any atom is -0.476 e. The number of carboxylic acid groups (broad SMARTS) is 1. The molecule has 0 amide bonds. The number of anilines is 1. The van der Waals surface area contributed by atoms with E-state index in [0.717, 1.165) is 11.3 Å². The molecule has 0 unspecified atom stereocenters. The van der Waals surface area contributed by atoms with Crippen LogP contribution in [0.2, 0.25) is 0 Å². The van der Waals surface area contributed by atoms with Crippen molar-refractivity contribution in [3.05, 3.63) is 23.9 Å². The number of carbonyl (C=O) groups is 1. The number of nitrogens with zero attached hydrogens (tertiary/aromatic N) is 1. The van der Waals surface area contributed by atoms with Crippen molar-refractivity contribution in [2.75, 3.05) is 12.5 Å². The highest BCUT2D eigenvalue weighted by atomic mass is 32.1. The standard InChI is InChI=1S/C11H8N2O4S/c12-11-13-8(10(14)15)9(18-11)5-1-2-6-7(3-5)17-4-16-6/h1-3H,4H2,(H2,12,13)(H,14,15). The van der Waals surface area contributed by atoms with E-state index in [1.165, 1.54) is 0 Å². The molecule has 1 aromatic carbocycles. The highest BCUT2D eigenvalue weighted by Crippen LogP contribution is 2.39. The van der Waals surface area contributed by atoms with Crippen LogP contribution < -0.4 is 15.2 Å². The van der Waals surface area contributed by atoms with Gasteiger partial charge in [-0.2, -0.15) is 0 Å². The van der Waals surface area contributed by atoms with Crippen LogP contribution in [0.5, 0.6) is 11.5 Å². The summed E-state index contributed by atoms with van der Waals surface area (Å²) in [6, 6.07) is 5.22. The molecule has 1 aliphatic heterocycles. The average molecular weight is 264 g/mol. The van der Waals surface area contributed by atoms with Crippen LogP contribution in [-0.4, -0.2) is 22.9 Å². The van der Waals surface area contributed by atoms with Gasteiger partial charge in [0.25, 0.3) is 0 Å². The molecule has 0 aliphatic carbocycles. The van der Waals surface area contributed by atoms with Gasteiger partial charge >= 0.3 is 5.97 Å². The number of nitrogen functional groups attached to an aromatic ring is 1. The molecule has 18 heavy (non-hydrogen) atoms. The summed E-state index contributed by atoms with van der Waals surface area (Å²) in [4.78, 5) is 15.4. The van der Waals surface area contributed by atoms with Crippen molar-refractivity contribution in [3.8, 4) is 21.9 Å². The van der Waals surface area contributed by atoms with Crippen LogP contribution in [0, 0.1) is 0 Å². The van der Waals surface area contributed by atoms with Crippen molar-refractivity contribution >= 4 is 22.4 Å². The van der Waals surface area contributed by atoms with Gasteiger partial charge in [-0.25, -0.2) is 9.78 Å². The molecule has 2 aromatic rings. The van der Waals surface area contributed by atoms with Crippen molar-refractivity contribution in [2.24, 2.45) is 0 Å². The van der Waals surface area contributed by atoms with E-state index in [2.05, 4.69) is 4.98 Å². The predicted molar refractivity (Wildman–Crippen MR) is 65.0 cm³/mol. The number of carboxylic acids is 1. The molecule has 0 radical (unpaired) electrons. The lowest BCUT2D eigenvalue weighted by Crippen LogP contribution is -1.99. The van der Waals surface area contributed by atoms with E-state index in [-0.39, 0.29) is 17.6 Å². The van der Waals surface area contributed by atoms with E-state index in [1.54, 1.807) is 18.2 Å². The number of thiazole rings is 1. The number of ether oxygens (including phenoxy) is 2. The van der Waals surface area contributed by atoms with Crippen LogP contribution in [0.1, 0.15) is 10.5 Å². The molecular weight excluding hydrogens is 256 g/mol. The van der Waals surface area contributed by atoms with Crippen LogP contribution in [0.4, 0.5) is 5.13 Å². The minimum atomic E-state index is -1.10. The molecule has 2 heterocycles. The number of nitrogens with two attached hydrogens (primary N) is 1. The Kier molecular flexibility index (Phi) is 2.34. The number of hydrogen-bond donors (Lipinski definition) is 2. The zero-order chi connectivity index (χ0) is 12.7. The lowest BCUT2D eigenvalue weighted by Gasteiger charge is -2.01. The second-order valence-electron chi connectivity index (χ2n) is 3.60. The van der Waals surface area contributed by atoms with Gasteiger partial charge in [0, 0.05) is 0 Å². The number of hydrogen-bond acceptors (Lipinski definition) is 6. The number of aromatic carboxylic acids is 1. The molecule has 7 heteroatoms. The van der Waals surface area contributed by atoms with Gasteiger partial charge in [-0.1, -0.05) is 11.3 Å². The fourth-order valence-corrected chi connectivity index (χ4v) is 2.54. The first-order valence-corrected chi connectivity index (χ1v) is 5.86. The molecule has 3 N–H and O–H groups in total. The van der Waals surface area contributed by atoms with E-state index >= 15 is 0 Å². The zero-order valence-corrected chi connectivity index (χ0v) is 9.86. The number of benzene rings is 1. The molecule has 0 saturated carbocycles. The fraction of sp³-hybridized carbons (Fsp3) is 0.0909. The van der Waals surface area contributed by atoms with Crippen molar-refractivity contribution < 1.29 is 19.4 Å². The third-order valence-corrected chi connectivity index (χ3v) is 3.41. The van der Waals surface area contributed by atoms with Gasteiger partial charge in [-0.05, 0) is 23.8 Å². The summed E-state index contributed by atoms with van der Waals surface area (Å²) < 4.78 is 10.4. The Morgan fingerprint density at radius 1 is 1.39 bits per heavy atom. The van der Waals surface area contributed by atoms with Gasteiger partial charge in [0.15, 0.2) is 22.3 Å². The summed E-state index contributed by atoms with van der Waals surface area (Å²) in [5.41, 5.74) is 6.21. The normalized spacial score (nSPS) is 12.7. The lowest BCUT2D eigenvalue weighted by molar-refractivity contribution is 0.0692. The maximum absolute atomic E-state index is 11.1. The second kappa shape index (κ2) is 3.88. The molecule has 0 atom stereocenters. The topological polar surface area (TPSA) is 94.7 Å². The van der Waals surface area contributed by atoms with Gasteiger partial charge < -0.3 is 20.3 Å². The molecule has 3 rings (SSSR count). The van der Waals surface area contributed by atoms with Gasteiger partial charge in [0.1, 0.15) is 0 Å². The fourth-order valence-electron chi connectivity index (χ4n) is 1.72. The van der Waals surface area contributed by atoms with Crippen LogP contribution in [0.3, 0.4) is 0 Å². The molecule has 0 spiro atoms. The first kappa shape index (κ1) is 10.8. The van der Waals surface area contributed by atoms with Crippen molar-refractivity contribution in [1.29, 1.82) is 0 Å². The maximum Gasteiger partial charge on any atom is 0.356 e. The Balaban J connectivity index is 2.12. The van der Waals surface area contributed by atoms with E-state index in [9.17, 15) is 4.79 Å². The van der Waals surface area contributed by atoms with Crippen molar-refractivity contribution in [2.45, 2.75) is 0 Å². The van der Waals surface area contributed by atoms with Crippen LogP contribution in [0.15, 0.2) is 18.2 Å². The van der Waals surface area contributed by atoms with Crippen LogP contribution in [-0.2, 0) is 0 Å². The first-order chi connectivity index (χ1) is 8.65. The Labute approximate surface area is 106 Å². The third kappa shape index (κ3) is 1.65. The molecule has 0 saturated heterocycles. The molecule has 0 bridgehead atoms. The van der Waals surface area contributed by atoms with E-state index in [1.807, 2.05) is 0 Å². The summed E-state index contributed by atoms with van der Waals surface area (Å²) in [5.74, 6) is 0.138. The Morgan fingerprint density at radius 2 is 2.17 bits per heavy atom. The summed E-state index contributed by atoms with van der Waals surface area (Å²) in [6.07, 6.45) is 0. The molecule has 1 aromatic heterocycles. The molecule has 1 aliphatic rings. The quantitative estimate of drug-likeness (QED) is 0.859. The summed E-state index contributed by atoms with van der Waals surface area (Å²) >= 11 is 1.13. The van der Waals surface area contributed by atoms with E-state index < -0.39 is 5.97 Å². The Bertz CT molecular complexity index is 638. The predicted octanol–water partition coefficient (Wildman–Crippen LogP) is 1.82. The largest absolute Gasteiger partial charge is 0.476 e. The summed E-state index contributed by atoms with van der Waals surface area (Å²) in [5, 5.41) is 9.29. The van der Waals surface area contributed by atoms with Gasteiger partial charge in [0.05, 0.1) is 4.88 Å². The zero-order valence-electron chi connectivity index (χ0n) is 9.04. The third-order valence-electron chi connectivity index (χ3n) is 2.48. The van der Waals surface area contributed by atoms with E-state index in [0.29, 0.717) is 21.9 Å². The Hall–Kier alpha value is -2.28.